The third-order valence-electron chi connectivity index (χ3n) is 5.59. The minimum Gasteiger partial charge on any atom is -0.507 e. The number of fused-ring (bicyclic) bond motifs is 1. The summed E-state index contributed by atoms with van der Waals surface area (Å²) < 4.78 is 10.5. The molecule has 0 saturated heterocycles. The van der Waals surface area contributed by atoms with E-state index in [2.05, 4.69) is 20.4 Å². The van der Waals surface area contributed by atoms with Gasteiger partial charge in [0.25, 0.3) is 0 Å². The Kier molecular flexibility index (Phi) is 9.80. The van der Waals surface area contributed by atoms with Crippen LogP contribution in [0.25, 0.3) is 10.8 Å². The molecule has 202 valence electrons. The Morgan fingerprint density at radius 1 is 1.03 bits per heavy atom. The normalized spacial score (nSPS) is 14.7. The Hall–Kier alpha value is -3.46. The van der Waals surface area contributed by atoms with Crippen molar-refractivity contribution in [3.63, 3.8) is 0 Å². The Balaban J connectivity index is 2.37. The van der Waals surface area contributed by atoms with E-state index in [4.69, 9.17) is 4.74 Å². The fourth-order valence-corrected chi connectivity index (χ4v) is 3.85. The van der Waals surface area contributed by atoms with Crippen molar-refractivity contribution in [3.05, 3.63) is 42.0 Å². The Morgan fingerprint density at radius 3 is 2.27 bits per heavy atom. The van der Waals surface area contributed by atoms with E-state index in [0.717, 1.165) is 10.8 Å². The predicted molar refractivity (Wildman–Crippen MR) is 144 cm³/mol. The Labute approximate surface area is 218 Å². The lowest BCUT2D eigenvalue weighted by Crippen LogP contribution is -2.57. The van der Waals surface area contributed by atoms with Crippen molar-refractivity contribution in [1.29, 1.82) is 0 Å². The molecule has 3 N–H and O–H groups in total. The molecule has 2 aromatic rings. The van der Waals surface area contributed by atoms with Crippen molar-refractivity contribution in [2.45, 2.75) is 72.3 Å². The topological polar surface area (TPSA) is 126 Å². The number of hydrogen-bond donors (Lipinski definition) is 3. The number of aromatic hydroxyl groups is 1. The van der Waals surface area contributed by atoms with Gasteiger partial charge in [0.2, 0.25) is 11.8 Å². The van der Waals surface area contributed by atoms with Crippen molar-refractivity contribution in [1.82, 2.24) is 10.6 Å². The van der Waals surface area contributed by atoms with Crippen LogP contribution < -0.4 is 10.6 Å². The van der Waals surface area contributed by atoms with Crippen molar-refractivity contribution in [2.75, 3.05) is 13.7 Å². The first kappa shape index (κ1) is 29.8. The highest BCUT2D eigenvalue weighted by molar-refractivity contribution is 6.03. The smallest absolute Gasteiger partial charge is 0.325 e. The number of carbonyl (C=O) groups is 3. The maximum absolute atomic E-state index is 13.5. The number of amides is 2. The van der Waals surface area contributed by atoms with Gasteiger partial charge in [-0.2, -0.15) is 0 Å². The number of phenolic OH excluding ortho intramolecular Hbond substituents is 1. The van der Waals surface area contributed by atoms with E-state index in [1.165, 1.54) is 13.3 Å². The molecule has 0 saturated carbocycles. The van der Waals surface area contributed by atoms with Crippen molar-refractivity contribution >= 4 is 34.8 Å². The molecule has 9 nitrogen and oxygen atoms in total. The first-order chi connectivity index (χ1) is 17.1. The van der Waals surface area contributed by atoms with Gasteiger partial charge >= 0.3 is 5.97 Å². The monoisotopic (exact) mass is 513 g/mol. The first-order valence-corrected chi connectivity index (χ1v) is 12.2. The molecular formula is C28H39N3O6. The van der Waals surface area contributed by atoms with E-state index in [0.29, 0.717) is 5.56 Å². The molecule has 0 bridgehead atoms. The van der Waals surface area contributed by atoms with Crippen LogP contribution in [-0.2, 0) is 23.9 Å². The van der Waals surface area contributed by atoms with E-state index >= 15 is 0 Å². The highest BCUT2D eigenvalue weighted by Gasteiger charge is 2.36. The minimum atomic E-state index is -1.10. The fraction of sp³-hybridized carbons (Fsp3) is 0.500. The molecule has 0 aliphatic heterocycles. The second-order valence-corrected chi connectivity index (χ2v) is 11.0. The van der Waals surface area contributed by atoms with Crippen LogP contribution in [0, 0.1) is 5.41 Å². The molecular weight excluding hydrogens is 474 g/mol. The van der Waals surface area contributed by atoms with Crippen LogP contribution in [-0.4, -0.2) is 66.5 Å². The molecule has 37 heavy (non-hydrogen) atoms. The molecule has 0 heterocycles. The molecule has 0 radical (unpaired) electrons. The number of nitrogens with zero attached hydrogens (tertiary/aromatic N) is 1. The van der Waals surface area contributed by atoms with Gasteiger partial charge in [-0.3, -0.25) is 19.4 Å². The largest absolute Gasteiger partial charge is 0.507 e. The number of nitrogens with one attached hydrogen (secondary N) is 2. The van der Waals surface area contributed by atoms with Crippen molar-refractivity contribution < 1.29 is 29.0 Å². The number of benzene rings is 2. The fourth-order valence-electron chi connectivity index (χ4n) is 3.85. The number of ether oxygens (including phenoxy) is 2. The first-order valence-electron chi connectivity index (χ1n) is 12.2. The SMILES string of the molecule is COC(=O)CNC(=O)[C@@H](NC(=O)[C@@H](N=Cc1c(O)ccc2ccccc12)C(C)(C)C)[C@@H](C)OC(C)(C)C. The minimum absolute atomic E-state index is 0.0442. The van der Waals surface area contributed by atoms with Crippen LogP contribution in [0.2, 0.25) is 0 Å². The second kappa shape index (κ2) is 12.2. The maximum atomic E-state index is 13.5. The zero-order valence-corrected chi connectivity index (χ0v) is 22.9. The molecule has 0 aromatic heterocycles. The zero-order valence-electron chi connectivity index (χ0n) is 22.9. The van der Waals surface area contributed by atoms with E-state index in [9.17, 15) is 19.5 Å². The van der Waals surface area contributed by atoms with Gasteiger partial charge in [-0.05, 0) is 49.9 Å². The van der Waals surface area contributed by atoms with E-state index in [-0.39, 0.29) is 12.3 Å². The maximum Gasteiger partial charge on any atom is 0.325 e. The number of aliphatic imine (C=N–C) groups is 1. The lowest BCUT2D eigenvalue weighted by molar-refractivity contribution is -0.143. The second-order valence-electron chi connectivity index (χ2n) is 11.0. The van der Waals surface area contributed by atoms with Gasteiger partial charge in [-0.15, -0.1) is 0 Å². The number of rotatable bonds is 9. The number of phenols is 1. The summed E-state index contributed by atoms with van der Waals surface area (Å²) in [6.07, 6.45) is 0.780. The number of hydrogen-bond acceptors (Lipinski definition) is 7. The highest BCUT2D eigenvalue weighted by atomic mass is 16.5. The summed E-state index contributed by atoms with van der Waals surface area (Å²) >= 11 is 0. The molecule has 0 aliphatic carbocycles. The Morgan fingerprint density at radius 2 is 1.68 bits per heavy atom. The molecule has 0 unspecified atom stereocenters. The average Bonchev–Trinajstić information content (AvgIpc) is 2.80. The highest BCUT2D eigenvalue weighted by Crippen LogP contribution is 2.28. The van der Waals surface area contributed by atoms with Gasteiger partial charge in [0.15, 0.2) is 0 Å². The number of carbonyl (C=O) groups excluding carboxylic acids is 3. The van der Waals surface area contributed by atoms with Gasteiger partial charge in [-0.25, -0.2) is 0 Å². The number of methoxy groups -OCH3 is 1. The van der Waals surface area contributed by atoms with E-state index in [1.54, 1.807) is 13.0 Å². The van der Waals surface area contributed by atoms with Crippen LogP contribution >= 0.6 is 0 Å². The molecule has 2 rings (SSSR count). The van der Waals surface area contributed by atoms with Crippen LogP contribution in [0.4, 0.5) is 0 Å². The summed E-state index contributed by atoms with van der Waals surface area (Å²) in [6, 6.07) is 8.96. The lowest BCUT2D eigenvalue weighted by atomic mass is 9.86. The molecule has 9 heteroatoms. The third kappa shape index (κ3) is 8.56. The van der Waals surface area contributed by atoms with Crippen LogP contribution in [0.1, 0.15) is 54.0 Å². The van der Waals surface area contributed by atoms with Gasteiger partial charge in [0, 0.05) is 11.8 Å². The van der Waals surface area contributed by atoms with Crippen LogP contribution in [0.5, 0.6) is 5.75 Å². The third-order valence-corrected chi connectivity index (χ3v) is 5.59. The summed E-state index contributed by atoms with van der Waals surface area (Å²) in [4.78, 5) is 42.6. The van der Waals surface area contributed by atoms with Crippen molar-refractivity contribution in [3.8, 4) is 5.75 Å². The molecule has 2 aromatic carbocycles. The molecule has 3 atom stereocenters. The summed E-state index contributed by atoms with van der Waals surface area (Å²) in [5.41, 5.74) is -0.711. The van der Waals surface area contributed by atoms with Crippen molar-refractivity contribution in [2.24, 2.45) is 10.4 Å². The van der Waals surface area contributed by atoms with Gasteiger partial charge in [0.05, 0.1) is 18.8 Å². The average molecular weight is 514 g/mol. The zero-order chi connectivity index (χ0) is 28.0. The lowest BCUT2D eigenvalue weighted by Gasteiger charge is -2.33. The van der Waals surface area contributed by atoms with Gasteiger partial charge < -0.3 is 25.2 Å². The van der Waals surface area contributed by atoms with E-state index in [1.807, 2.05) is 71.9 Å². The summed E-state index contributed by atoms with van der Waals surface area (Å²) in [5, 5.41) is 17.5. The van der Waals surface area contributed by atoms with Crippen LogP contribution in [0.3, 0.4) is 0 Å². The summed E-state index contributed by atoms with van der Waals surface area (Å²) in [7, 11) is 1.22. The standard InChI is InChI=1S/C28H39N3O6/c1-17(37-28(5,6)7)23(25(34)30-16-22(33)36-8)31-26(35)24(27(2,3)4)29-15-20-19-12-10-9-11-18(19)13-14-21(20)32/h9-15,17,23-24,32H,16H2,1-8H3,(H,30,34)(H,31,35)/t17-,23+,24-/m1/s1. The summed E-state index contributed by atoms with van der Waals surface area (Å²) in [5.74, 6) is -1.65. The molecule has 0 aliphatic rings. The van der Waals surface area contributed by atoms with Gasteiger partial charge in [-0.1, -0.05) is 51.1 Å². The summed E-state index contributed by atoms with van der Waals surface area (Å²) in [6.45, 7) is 12.4. The quantitative estimate of drug-likeness (QED) is 0.349. The predicted octanol–water partition coefficient (Wildman–Crippen LogP) is 3.36. The molecule has 0 spiro atoms. The van der Waals surface area contributed by atoms with E-state index < -0.39 is 47.0 Å². The molecule has 2 amide bonds. The molecule has 0 fully saturated rings. The van der Waals surface area contributed by atoms with Crippen LogP contribution in [0.15, 0.2) is 41.4 Å². The number of esters is 1. The van der Waals surface area contributed by atoms with Gasteiger partial charge in [0.1, 0.15) is 24.4 Å². The Bertz CT molecular complexity index is 1150.